The van der Waals surface area contributed by atoms with Crippen molar-refractivity contribution in [3.63, 3.8) is 0 Å². The topological polar surface area (TPSA) is 29.1 Å². The minimum absolute atomic E-state index is 0.415. The number of ketones is 1. The number of hydrogen-bond acceptors (Lipinski definition) is 2. The zero-order valence-electron chi connectivity index (χ0n) is 6.68. The van der Waals surface area contributed by atoms with Crippen LogP contribution >= 0.6 is 0 Å². The molecule has 10 heavy (non-hydrogen) atoms. The Morgan fingerprint density at radius 2 is 2.30 bits per heavy atom. The molecule has 1 saturated carbocycles. The van der Waals surface area contributed by atoms with Gasteiger partial charge in [-0.05, 0) is 6.42 Å². The largest absolute Gasteiger partial charge is 0.311 e. The van der Waals surface area contributed by atoms with Crippen molar-refractivity contribution in [2.75, 3.05) is 0 Å². The molecule has 0 heterocycles. The lowest BCUT2D eigenvalue weighted by atomic mass is 10.2. The Hall–Kier alpha value is -0.370. The van der Waals surface area contributed by atoms with Crippen LogP contribution in [-0.2, 0) is 4.79 Å². The summed E-state index contributed by atoms with van der Waals surface area (Å²) in [6, 6.07) is 0.975. The monoisotopic (exact) mass is 141 g/mol. The van der Waals surface area contributed by atoms with Crippen LogP contribution in [-0.4, -0.2) is 17.9 Å². The van der Waals surface area contributed by atoms with Crippen molar-refractivity contribution in [3.8, 4) is 0 Å². The lowest BCUT2D eigenvalue weighted by molar-refractivity contribution is -0.117. The summed E-state index contributed by atoms with van der Waals surface area (Å²) >= 11 is 0. The number of rotatable bonds is 2. The number of Topliss-reactive ketones (excluding diaryl/α,β-unsaturated/α-hetero) is 1. The second-order valence-electron chi connectivity index (χ2n) is 3.30. The van der Waals surface area contributed by atoms with Crippen molar-refractivity contribution in [2.24, 2.45) is 0 Å². The van der Waals surface area contributed by atoms with Gasteiger partial charge in [0, 0.05) is 24.9 Å². The molecule has 2 heteroatoms. The zero-order chi connectivity index (χ0) is 7.56. The second-order valence-corrected chi connectivity index (χ2v) is 3.30. The van der Waals surface area contributed by atoms with E-state index in [-0.39, 0.29) is 0 Å². The average Bonchev–Trinajstić information content (AvgIpc) is 2.13. The molecular formula is C8H15NO. The highest BCUT2D eigenvalue weighted by Gasteiger charge is 2.21. The SMILES string of the molecule is CC(C)NC1CCC(=O)C1. The van der Waals surface area contributed by atoms with Crippen LogP contribution in [0.25, 0.3) is 0 Å². The van der Waals surface area contributed by atoms with E-state index < -0.39 is 0 Å². The first-order chi connectivity index (χ1) is 4.68. The third-order valence-corrected chi connectivity index (χ3v) is 1.81. The highest BCUT2D eigenvalue weighted by Crippen LogP contribution is 2.14. The van der Waals surface area contributed by atoms with Gasteiger partial charge in [-0.1, -0.05) is 13.8 Å². The first kappa shape index (κ1) is 7.73. The fourth-order valence-corrected chi connectivity index (χ4v) is 1.43. The van der Waals surface area contributed by atoms with Crippen molar-refractivity contribution in [2.45, 2.75) is 45.2 Å². The Bertz CT molecular complexity index is 131. The van der Waals surface area contributed by atoms with Crippen molar-refractivity contribution < 1.29 is 4.79 Å². The van der Waals surface area contributed by atoms with E-state index in [1.54, 1.807) is 0 Å². The molecule has 0 radical (unpaired) electrons. The highest BCUT2D eigenvalue weighted by atomic mass is 16.1. The summed E-state index contributed by atoms with van der Waals surface area (Å²) < 4.78 is 0. The van der Waals surface area contributed by atoms with Crippen LogP contribution < -0.4 is 5.32 Å². The molecule has 1 unspecified atom stereocenters. The fourth-order valence-electron chi connectivity index (χ4n) is 1.43. The van der Waals surface area contributed by atoms with Crippen LogP contribution in [0.4, 0.5) is 0 Å². The molecule has 0 aromatic rings. The molecule has 1 aliphatic rings. The van der Waals surface area contributed by atoms with Crippen LogP contribution in [0.1, 0.15) is 33.1 Å². The molecule has 0 aromatic carbocycles. The van der Waals surface area contributed by atoms with Gasteiger partial charge in [0.1, 0.15) is 5.78 Å². The molecule has 1 rings (SSSR count). The van der Waals surface area contributed by atoms with E-state index in [4.69, 9.17) is 0 Å². The first-order valence-corrected chi connectivity index (χ1v) is 3.96. The Morgan fingerprint density at radius 3 is 2.70 bits per heavy atom. The molecular weight excluding hydrogens is 126 g/mol. The zero-order valence-corrected chi connectivity index (χ0v) is 6.68. The molecule has 1 fully saturated rings. The Balaban J connectivity index is 2.24. The van der Waals surface area contributed by atoms with Crippen LogP contribution in [0.5, 0.6) is 0 Å². The van der Waals surface area contributed by atoms with Crippen molar-refractivity contribution in [1.29, 1.82) is 0 Å². The van der Waals surface area contributed by atoms with E-state index in [2.05, 4.69) is 19.2 Å². The normalized spacial score (nSPS) is 26.3. The van der Waals surface area contributed by atoms with Gasteiger partial charge in [0.15, 0.2) is 0 Å². The van der Waals surface area contributed by atoms with Crippen LogP contribution in [0, 0.1) is 0 Å². The average molecular weight is 141 g/mol. The summed E-state index contributed by atoms with van der Waals surface area (Å²) in [6.07, 6.45) is 2.57. The van der Waals surface area contributed by atoms with E-state index >= 15 is 0 Å². The molecule has 0 bridgehead atoms. The molecule has 1 atom stereocenters. The van der Waals surface area contributed by atoms with Gasteiger partial charge in [0.2, 0.25) is 0 Å². The van der Waals surface area contributed by atoms with Gasteiger partial charge >= 0.3 is 0 Å². The Morgan fingerprint density at radius 1 is 1.60 bits per heavy atom. The minimum Gasteiger partial charge on any atom is -0.311 e. The van der Waals surface area contributed by atoms with Crippen molar-refractivity contribution in [3.05, 3.63) is 0 Å². The summed E-state index contributed by atoms with van der Waals surface area (Å²) in [7, 11) is 0. The molecule has 0 aromatic heterocycles. The van der Waals surface area contributed by atoms with Gasteiger partial charge in [0.05, 0.1) is 0 Å². The van der Waals surface area contributed by atoms with Gasteiger partial charge in [0.25, 0.3) is 0 Å². The van der Waals surface area contributed by atoms with Gasteiger partial charge in [-0.2, -0.15) is 0 Å². The van der Waals surface area contributed by atoms with E-state index in [1.807, 2.05) is 0 Å². The third-order valence-electron chi connectivity index (χ3n) is 1.81. The van der Waals surface area contributed by atoms with Crippen molar-refractivity contribution >= 4 is 5.78 Å². The minimum atomic E-state index is 0.415. The molecule has 0 spiro atoms. The number of hydrogen-bond donors (Lipinski definition) is 1. The van der Waals surface area contributed by atoms with Crippen LogP contribution in [0.2, 0.25) is 0 Å². The molecule has 0 amide bonds. The number of carbonyl (C=O) groups excluding carboxylic acids is 1. The maximum Gasteiger partial charge on any atom is 0.134 e. The second kappa shape index (κ2) is 3.15. The highest BCUT2D eigenvalue weighted by molar-refractivity contribution is 5.81. The summed E-state index contributed by atoms with van der Waals surface area (Å²) in [4.78, 5) is 10.8. The van der Waals surface area contributed by atoms with Crippen LogP contribution in [0.3, 0.4) is 0 Å². The van der Waals surface area contributed by atoms with E-state index in [1.165, 1.54) is 0 Å². The lowest BCUT2D eigenvalue weighted by Crippen LogP contribution is -2.32. The molecule has 2 nitrogen and oxygen atoms in total. The van der Waals surface area contributed by atoms with E-state index in [0.29, 0.717) is 17.9 Å². The molecule has 0 aliphatic heterocycles. The standard InChI is InChI=1S/C8H15NO/c1-6(2)9-7-3-4-8(10)5-7/h6-7,9H,3-5H2,1-2H3. The first-order valence-electron chi connectivity index (χ1n) is 3.96. The van der Waals surface area contributed by atoms with E-state index in [0.717, 1.165) is 19.3 Å². The molecule has 1 aliphatic carbocycles. The van der Waals surface area contributed by atoms with Crippen LogP contribution in [0.15, 0.2) is 0 Å². The quantitative estimate of drug-likeness (QED) is 0.624. The summed E-state index contributed by atoms with van der Waals surface area (Å²) in [6.45, 7) is 4.23. The smallest absolute Gasteiger partial charge is 0.134 e. The van der Waals surface area contributed by atoms with Gasteiger partial charge in [-0.25, -0.2) is 0 Å². The molecule has 0 saturated heterocycles. The number of carbonyl (C=O) groups is 1. The maximum absolute atomic E-state index is 10.8. The summed E-state index contributed by atoms with van der Waals surface area (Å²) in [5, 5.41) is 3.35. The molecule has 1 N–H and O–H groups in total. The Labute approximate surface area is 62.0 Å². The predicted octanol–water partition coefficient (Wildman–Crippen LogP) is 1.11. The van der Waals surface area contributed by atoms with Gasteiger partial charge in [-0.15, -0.1) is 0 Å². The molecule has 58 valence electrons. The maximum atomic E-state index is 10.8. The summed E-state index contributed by atoms with van der Waals surface area (Å²) in [5.74, 6) is 0.415. The predicted molar refractivity (Wildman–Crippen MR) is 40.9 cm³/mol. The Kier molecular flexibility index (Phi) is 2.44. The van der Waals surface area contributed by atoms with Gasteiger partial charge < -0.3 is 5.32 Å². The fraction of sp³-hybridized carbons (Fsp3) is 0.875. The van der Waals surface area contributed by atoms with Gasteiger partial charge in [-0.3, -0.25) is 4.79 Å². The van der Waals surface area contributed by atoms with E-state index in [9.17, 15) is 4.79 Å². The number of nitrogens with one attached hydrogen (secondary N) is 1. The lowest BCUT2D eigenvalue weighted by Gasteiger charge is -2.13. The summed E-state index contributed by atoms with van der Waals surface area (Å²) in [5.41, 5.74) is 0. The third kappa shape index (κ3) is 2.10. The van der Waals surface area contributed by atoms with Crippen molar-refractivity contribution in [1.82, 2.24) is 5.32 Å².